The van der Waals surface area contributed by atoms with E-state index in [9.17, 15) is 8.78 Å². The second-order valence-corrected chi connectivity index (χ2v) is 4.56. The van der Waals surface area contributed by atoms with Crippen LogP contribution in [0.25, 0.3) is 0 Å². The van der Waals surface area contributed by atoms with Gasteiger partial charge in [0.25, 0.3) is 0 Å². The molecule has 106 valence electrons. The summed E-state index contributed by atoms with van der Waals surface area (Å²) in [6.45, 7) is 5.92. The summed E-state index contributed by atoms with van der Waals surface area (Å²) in [5.74, 6) is 0.200. The van der Waals surface area contributed by atoms with Crippen LogP contribution in [0.15, 0.2) is 36.4 Å². The van der Waals surface area contributed by atoms with Gasteiger partial charge in [0.15, 0.2) is 0 Å². The van der Waals surface area contributed by atoms with Crippen LogP contribution in [-0.2, 0) is 0 Å². The highest BCUT2D eigenvalue weighted by molar-refractivity contribution is 5.30. The van der Waals surface area contributed by atoms with Crippen molar-refractivity contribution >= 4 is 0 Å². The highest BCUT2D eigenvalue weighted by Crippen LogP contribution is 2.24. The maximum absolute atomic E-state index is 12.2. The molecular weight excluding hydrogens is 248 g/mol. The van der Waals surface area contributed by atoms with E-state index in [-0.39, 0.29) is 11.8 Å². The van der Waals surface area contributed by atoms with E-state index >= 15 is 0 Å². The molecule has 1 aromatic carbocycles. The second-order valence-electron chi connectivity index (χ2n) is 4.56. The summed E-state index contributed by atoms with van der Waals surface area (Å²) < 4.78 is 28.8. The van der Waals surface area contributed by atoms with E-state index in [1.165, 1.54) is 6.07 Å². The molecule has 0 saturated heterocycles. The fourth-order valence-electron chi connectivity index (χ4n) is 1.93. The maximum Gasteiger partial charge on any atom is 0.387 e. The molecule has 0 aliphatic carbocycles. The van der Waals surface area contributed by atoms with Gasteiger partial charge in [-0.2, -0.15) is 8.78 Å². The fraction of sp³-hybridized carbons (Fsp3) is 0.467. The van der Waals surface area contributed by atoms with Crippen LogP contribution in [-0.4, -0.2) is 13.2 Å². The molecule has 0 aliphatic heterocycles. The summed E-state index contributed by atoms with van der Waals surface area (Å²) in [6.07, 6.45) is 1.79. The quantitative estimate of drug-likeness (QED) is 0.711. The van der Waals surface area contributed by atoms with Crippen molar-refractivity contribution in [1.29, 1.82) is 0 Å². The molecule has 4 heteroatoms. The Kier molecular flexibility index (Phi) is 6.50. The topological polar surface area (TPSA) is 21.3 Å². The molecule has 2 nitrogen and oxygen atoms in total. The second kappa shape index (κ2) is 7.89. The predicted molar refractivity (Wildman–Crippen MR) is 73.5 cm³/mol. The first-order valence-electron chi connectivity index (χ1n) is 6.45. The molecule has 1 atom stereocenters. The zero-order valence-corrected chi connectivity index (χ0v) is 11.5. The average molecular weight is 269 g/mol. The smallest absolute Gasteiger partial charge is 0.387 e. The number of allylic oxidation sites excluding steroid dienone is 1. The molecule has 0 amide bonds. The van der Waals surface area contributed by atoms with Gasteiger partial charge in [-0.3, -0.25) is 0 Å². The van der Waals surface area contributed by atoms with E-state index in [4.69, 9.17) is 0 Å². The summed E-state index contributed by atoms with van der Waals surface area (Å²) in [5, 5.41) is 3.35. The Morgan fingerprint density at radius 2 is 2.16 bits per heavy atom. The monoisotopic (exact) mass is 269 g/mol. The minimum absolute atomic E-state index is 0.128. The number of hydrogen-bond acceptors (Lipinski definition) is 2. The SMILES string of the molecule is C=C(C)CCC(NCC)c1cccc(OC(F)F)c1. The van der Waals surface area contributed by atoms with Crippen molar-refractivity contribution < 1.29 is 13.5 Å². The summed E-state index contributed by atoms with van der Waals surface area (Å²) in [5.41, 5.74) is 2.07. The Balaban J connectivity index is 2.79. The Bertz CT molecular complexity index is 407. The molecule has 0 aromatic heterocycles. The number of rotatable bonds is 8. The first-order chi connectivity index (χ1) is 9.02. The minimum Gasteiger partial charge on any atom is -0.435 e. The van der Waals surface area contributed by atoms with Crippen LogP contribution in [0.4, 0.5) is 8.78 Å². The lowest BCUT2D eigenvalue weighted by molar-refractivity contribution is -0.0499. The molecule has 1 rings (SSSR count). The standard InChI is InChI=1S/C15H21F2NO/c1-4-18-14(9-8-11(2)3)12-6-5-7-13(10-12)19-15(16)17/h5-7,10,14-15,18H,2,4,8-9H2,1,3H3. The van der Waals surface area contributed by atoms with Crippen molar-refractivity contribution in [3.8, 4) is 5.75 Å². The van der Waals surface area contributed by atoms with Crippen molar-refractivity contribution in [2.45, 2.75) is 39.3 Å². The van der Waals surface area contributed by atoms with Crippen LogP contribution in [0.2, 0.25) is 0 Å². The molecule has 0 heterocycles. The third-order valence-corrected chi connectivity index (χ3v) is 2.80. The van der Waals surface area contributed by atoms with Gasteiger partial charge in [0.05, 0.1) is 0 Å². The normalized spacial score (nSPS) is 12.5. The summed E-state index contributed by atoms with van der Waals surface area (Å²) in [4.78, 5) is 0. The lowest BCUT2D eigenvalue weighted by atomic mass is 9.99. The highest BCUT2D eigenvalue weighted by Gasteiger charge is 2.12. The van der Waals surface area contributed by atoms with Crippen LogP contribution < -0.4 is 10.1 Å². The number of benzene rings is 1. The van der Waals surface area contributed by atoms with Crippen molar-refractivity contribution in [1.82, 2.24) is 5.32 Å². The van der Waals surface area contributed by atoms with Gasteiger partial charge in [-0.05, 0) is 44.0 Å². The average Bonchev–Trinajstić information content (AvgIpc) is 2.33. The molecule has 0 fully saturated rings. The van der Waals surface area contributed by atoms with Crippen LogP contribution in [0, 0.1) is 0 Å². The van der Waals surface area contributed by atoms with Crippen LogP contribution >= 0.6 is 0 Å². The van der Waals surface area contributed by atoms with E-state index in [2.05, 4.69) is 16.6 Å². The molecular formula is C15H21F2NO. The van der Waals surface area contributed by atoms with Gasteiger partial charge >= 0.3 is 6.61 Å². The molecule has 1 unspecified atom stereocenters. The Morgan fingerprint density at radius 3 is 2.74 bits per heavy atom. The van der Waals surface area contributed by atoms with E-state index in [1.807, 2.05) is 19.9 Å². The zero-order chi connectivity index (χ0) is 14.3. The number of nitrogens with one attached hydrogen (secondary N) is 1. The molecule has 19 heavy (non-hydrogen) atoms. The zero-order valence-electron chi connectivity index (χ0n) is 11.5. The van der Waals surface area contributed by atoms with Crippen LogP contribution in [0.3, 0.4) is 0 Å². The van der Waals surface area contributed by atoms with Gasteiger partial charge in [-0.25, -0.2) is 0 Å². The largest absolute Gasteiger partial charge is 0.435 e. The predicted octanol–water partition coefficient (Wildman–Crippen LogP) is 4.29. The maximum atomic E-state index is 12.2. The van der Waals surface area contributed by atoms with Gasteiger partial charge in [0, 0.05) is 6.04 Å². The Morgan fingerprint density at radius 1 is 1.42 bits per heavy atom. The lowest BCUT2D eigenvalue weighted by Crippen LogP contribution is -2.21. The van der Waals surface area contributed by atoms with E-state index in [0.717, 1.165) is 30.5 Å². The first-order valence-corrected chi connectivity index (χ1v) is 6.45. The Hall–Kier alpha value is -1.42. The van der Waals surface area contributed by atoms with Gasteiger partial charge < -0.3 is 10.1 Å². The van der Waals surface area contributed by atoms with Gasteiger partial charge in [0.2, 0.25) is 0 Å². The van der Waals surface area contributed by atoms with Crippen molar-refractivity contribution in [3.63, 3.8) is 0 Å². The number of alkyl halides is 2. The van der Waals surface area contributed by atoms with Crippen molar-refractivity contribution in [2.24, 2.45) is 0 Å². The van der Waals surface area contributed by atoms with Crippen molar-refractivity contribution in [2.75, 3.05) is 6.54 Å². The minimum atomic E-state index is -2.79. The molecule has 0 radical (unpaired) electrons. The summed E-state index contributed by atoms with van der Waals surface area (Å²) in [7, 11) is 0. The number of hydrogen-bond donors (Lipinski definition) is 1. The lowest BCUT2D eigenvalue weighted by Gasteiger charge is -2.19. The van der Waals surface area contributed by atoms with E-state index in [1.54, 1.807) is 12.1 Å². The van der Waals surface area contributed by atoms with E-state index in [0.29, 0.717) is 0 Å². The first kappa shape index (κ1) is 15.6. The molecule has 0 bridgehead atoms. The molecule has 1 aromatic rings. The van der Waals surface area contributed by atoms with Crippen LogP contribution in [0.5, 0.6) is 5.75 Å². The van der Waals surface area contributed by atoms with Crippen LogP contribution in [0.1, 0.15) is 38.3 Å². The van der Waals surface area contributed by atoms with Gasteiger partial charge in [0.1, 0.15) is 5.75 Å². The summed E-state index contributed by atoms with van der Waals surface area (Å²) in [6, 6.07) is 6.99. The molecule has 0 saturated carbocycles. The van der Waals surface area contributed by atoms with Gasteiger partial charge in [-0.15, -0.1) is 6.58 Å². The fourth-order valence-corrected chi connectivity index (χ4v) is 1.93. The molecule has 0 spiro atoms. The van der Waals surface area contributed by atoms with Crippen molar-refractivity contribution in [3.05, 3.63) is 42.0 Å². The van der Waals surface area contributed by atoms with E-state index < -0.39 is 6.61 Å². The highest BCUT2D eigenvalue weighted by atomic mass is 19.3. The van der Waals surface area contributed by atoms with Gasteiger partial charge in [-0.1, -0.05) is 24.6 Å². The third kappa shape index (κ3) is 5.83. The molecule has 1 N–H and O–H groups in total. The number of ether oxygens (including phenoxy) is 1. The Labute approximate surface area is 113 Å². The number of halogens is 2. The third-order valence-electron chi connectivity index (χ3n) is 2.80. The molecule has 0 aliphatic rings. The summed E-state index contributed by atoms with van der Waals surface area (Å²) >= 11 is 0.